The number of carbonyl (C=O) groups is 10. The number of para-hydroxylation sites is 1. The number of fused-ring (bicyclic) bond motifs is 1. The van der Waals surface area contributed by atoms with Crippen LogP contribution in [0.25, 0.3) is 10.9 Å². The number of aliphatic hydroxyl groups is 1. The molecule has 0 saturated carbocycles. The third-order valence-electron chi connectivity index (χ3n) is 16.0. The molecule has 1 aliphatic rings. The fourth-order valence-corrected chi connectivity index (χ4v) is 11.1. The number of ether oxygens (including phenoxy) is 2. The molecule has 7 rings (SSSR count). The van der Waals surface area contributed by atoms with Gasteiger partial charge in [0.1, 0.15) is 60.7 Å². The number of likely N-dealkylation sites (tertiary alicyclic amines) is 1. The van der Waals surface area contributed by atoms with E-state index in [1.165, 1.54) is 29.2 Å². The molecule has 1 aliphatic heterocycles. The van der Waals surface area contributed by atoms with Gasteiger partial charge in [0.05, 0.1) is 19.8 Å². The number of hydrogen-bond donors (Lipinski definition) is 14. The summed E-state index contributed by atoms with van der Waals surface area (Å²) in [6.07, 6.45) is 1.54. The Bertz CT molecular complexity index is 3720. The number of phenols is 1. The summed E-state index contributed by atoms with van der Waals surface area (Å²) >= 11 is 0. The second-order valence-electron chi connectivity index (χ2n) is 24.6. The number of nitrogens with zero attached hydrogens (tertiary/aromatic N) is 2. The Morgan fingerprint density at radius 2 is 1.16 bits per heavy atom. The van der Waals surface area contributed by atoms with Crippen LogP contribution < -0.4 is 54.0 Å². The van der Waals surface area contributed by atoms with Gasteiger partial charge in [-0.25, -0.2) is 4.79 Å². The maximum absolute atomic E-state index is 15.0. The maximum atomic E-state index is 15.0. The summed E-state index contributed by atoms with van der Waals surface area (Å²) in [5.74, 6) is -7.41. The molecule has 1 saturated heterocycles. The minimum atomic E-state index is -1.78. The second-order valence-corrected chi connectivity index (χ2v) is 24.6. The summed E-state index contributed by atoms with van der Waals surface area (Å²) in [6.45, 7) is 7.67. The summed E-state index contributed by atoms with van der Waals surface area (Å²) in [5.41, 5.74) is 15.8. The number of carboxylic acid groups (broad SMARTS) is 1. The minimum absolute atomic E-state index is 0.0563. The first-order valence-corrected chi connectivity index (χ1v) is 33.1. The highest BCUT2D eigenvalue weighted by Crippen LogP contribution is 2.23. The normalized spacial score (nSPS) is 14.6. The number of rotatable bonds is 35. The molecule has 2 heterocycles. The Kier molecular flexibility index (Phi) is 31.3. The molecule has 1 aromatic heterocycles. The first-order valence-electron chi connectivity index (χ1n) is 33.1. The molecule has 0 radical (unpaired) electrons. The van der Waals surface area contributed by atoms with Crippen LogP contribution in [0.1, 0.15) is 93.2 Å². The number of alkyl carbamates (subject to hydrolysis) is 1. The molecule has 9 amide bonds. The van der Waals surface area contributed by atoms with Crippen molar-refractivity contribution in [2.75, 3.05) is 32.8 Å². The zero-order chi connectivity index (χ0) is 72.7. The molecule has 100 heavy (non-hydrogen) atoms. The van der Waals surface area contributed by atoms with Crippen LogP contribution in [0, 0.1) is 12.8 Å². The third kappa shape index (κ3) is 25.8. The number of nitrogens with one attached hydrogen (secondary N) is 9. The van der Waals surface area contributed by atoms with Crippen molar-refractivity contribution in [2.45, 2.75) is 148 Å². The predicted octanol–water partition coefficient (Wildman–Crippen LogP) is 2.94. The standard InChI is InChI=1S/C70H89N13O13.C2H4O2/c1-5-73-67(92)60-26-16-32-83(60)68(93)53(25-15-31-74-69(71)72)76-61(86)54(33-43(2)3)77-63(88)56(36-48-22-14-17-44(4)34-48)78-62(87)55(35-45-27-29-50(85)30-28-45)79-65(90)58(39-84)81-64(89)57(37-49-38-75-52-24-13-12-23-51(49)52)80-66(91)59(42-95-40-46-18-8-6-9-19-46)82-70(94)96-41-47-20-10-7-11-21-47;1-2(3)4/h6-14,17-24,27-30,34,38,43,53-60,75,84-85H,5,15-16,25-26,31-33,35-37,39-42H2,1-4H3,(H,73,92)(H,76,86)(H,77,88)(H,78,87)(H,79,90)(H,80,91)(H,81,89)(H,82,94)(H4,71,72,74);1H3,(H,3,4)/t53-,54-,55-,56-,57-,58-,59-,60-;/m0./s1. The molecule has 0 bridgehead atoms. The van der Waals surface area contributed by atoms with E-state index < -0.39 is 108 Å². The molecule has 6 aromatic rings. The number of aromatic hydroxyl groups is 1. The molecular weight excluding hydrogens is 1290 g/mol. The first kappa shape index (κ1) is 78.1. The number of amides is 9. The Labute approximate surface area is 580 Å². The lowest BCUT2D eigenvalue weighted by molar-refractivity contribution is -0.142. The largest absolute Gasteiger partial charge is 0.508 e. The van der Waals surface area contributed by atoms with Crippen LogP contribution >= 0.6 is 0 Å². The molecule has 536 valence electrons. The van der Waals surface area contributed by atoms with Crippen molar-refractivity contribution in [3.63, 3.8) is 0 Å². The summed E-state index contributed by atoms with van der Waals surface area (Å²) in [6, 6.07) is 27.3. The zero-order valence-electron chi connectivity index (χ0n) is 56.9. The van der Waals surface area contributed by atoms with E-state index in [4.69, 9.17) is 30.8 Å². The van der Waals surface area contributed by atoms with Gasteiger partial charge in [0.25, 0.3) is 5.97 Å². The van der Waals surface area contributed by atoms with E-state index in [0.29, 0.717) is 47.0 Å². The van der Waals surface area contributed by atoms with E-state index in [9.17, 15) is 48.6 Å². The number of aliphatic hydroxyl groups excluding tert-OH is 1. The van der Waals surface area contributed by atoms with E-state index in [1.54, 1.807) is 61.7 Å². The number of likely N-dealkylation sites (N-methyl/N-ethyl adjacent to an activating group) is 1. The molecule has 28 nitrogen and oxygen atoms in total. The number of aryl methyl sites for hydroxylation is 1. The number of H-pyrrole nitrogens is 1. The van der Waals surface area contributed by atoms with Gasteiger partial charge in [0.15, 0.2) is 5.96 Å². The van der Waals surface area contributed by atoms with E-state index >= 15 is 4.79 Å². The number of aromatic amines is 1. The fraction of sp³-hybridized carbons (Fsp3) is 0.403. The number of aromatic nitrogens is 1. The number of aliphatic carboxylic acids is 1. The van der Waals surface area contributed by atoms with Crippen LogP contribution in [0.5, 0.6) is 5.75 Å². The number of phenolic OH excluding ortho intramolecular Hbond substituents is 1. The molecule has 28 heteroatoms. The first-order chi connectivity index (χ1) is 47.9. The van der Waals surface area contributed by atoms with Crippen molar-refractivity contribution in [3.8, 4) is 5.75 Å². The second kappa shape index (κ2) is 40.1. The molecule has 5 aromatic carbocycles. The van der Waals surface area contributed by atoms with Gasteiger partial charge in [0, 0.05) is 62.9 Å². The number of hydrogen-bond acceptors (Lipinski definition) is 15. The van der Waals surface area contributed by atoms with Crippen LogP contribution in [-0.2, 0) is 85.1 Å². The minimum Gasteiger partial charge on any atom is -0.508 e. The Morgan fingerprint density at radius 1 is 0.630 bits per heavy atom. The molecule has 0 aliphatic carbocycles. The van der Waals surface area contributed by atoms with Crippen LogP contribution in [0.3, 0.4) is 0 Å². The van der Waals surface area contributed by atoms with Gasteiger partial charge in [-0.05, 0) is 97.9 Å². The number of benzene rings is 5. The Balaban J connectivity index is 0.00000383. The number of guanidine groups is 1. The lowest BCUT2D eigenvalue weighted by Crippen LogP contribution is -2.61. The third-order valence-corrected chi connectivity index (χ3v) is 16.0. The molecular formula is C72H93N13O15. The highest BCUT2D eigenvalue weighted by atomic mass is 16.5. The molecule has 1 fully saturated rings. The van der Waals surface area contributed by atoms with Gasteiger partial charge in [-0.15, -0.1) is 0 Å². The zero-order valence-corrected chi connectivity index (χ0v) is 56.9. The quantitative estimate of drug-likeness (QED) is 0.0154. The van der Waals surface area contributed by atoms with Gasteiger partial charge >= 0.3 is 6.09 Å². The van der Waals surface area contributed by atoms with Gasteiger partial charge < -0.3 is 88.7 Å². The predicted molar refractivity (Wildman–Crippen MR) is 373 cm³/mol. The Hall–Kier alpha value is -10.9. The van der Waals surface area contributed by atoms with Crippen molar-refractivity contribution in [1.82, 2.24) is 52.4 Å². The van der Waals surface area contributed by atoms with Crippen molar-refractivity contribution < 1.29 is 72.7 Å². The molecule has 16 N–H and O–H groups in total. The summed E-state index contributed by atoms with van der Waals surface area (Å²) in [7, 11) is 0. The summed E-state index contributed by atoms with van der Waals surface area (Å²) < 4.78 is 11.4. The number of carboxylic acids is 1. The maximum Gasteiger partial charge on any atom is 0.408 e. The van der Waals surface area contributed by atoms with Crippen molar-refractivity contribution in [3.05, 3.63) is 173 Å². The lowest BCUT2D eigenvalue weighted by Gasteiger charge is -2.30. The molecule has 8 atom stereocenters. The highest BCUT2D eigenvalue weighted by Gasteiger charge is 2.40. The van der Waals surface area contributed by atoms with E-state index in [-0.39, 0.29) is 95.0 Å². The SMILES string of the molecule is CC(=O)O.CCNC(=O)[C@@H]1CCCN1C(=O)[C@H](CCCN=C(N)N)NC(=O)[C@H](CC(C)C)NC(=O)[C@H](Cc1cccc(C)c1)NC(=O)[C@H](Cc1ccc(O)cc1)NC(=O)[C@H](CO)NC(=O)[C@H](Cc1c[nH]c2ccccc12)NC(=O)[C@H](COCc1ccccc1)NC(=O)OCc1ccccc1. The van der Waals surface area contributed by atoms with E-state index in [1.807, 2.05) is 81.4 Å². The lowest BCUT2D eigenvalue weighted by atomic mass is 9.99. The van der Waals surface area contributed by atoms with Crippen LogP contribution in [0.2, 0.25) is 0 Å². The monoisotopic (exact) mass is 1380 g/mol. The molecule has 0 unspecified atom stereocenters. The summed E-state index contributed by atoms with van der Waals surface area (Å²) in [5, 5.41) is 51.0. The number of carbonyl (C=O) groups excluding carboxylic acids is 9. The number of nitrogens with two attached hydrogens (primary N) is 2. The highest BCUT2D eigenvalue weighted by molar-refractivity contribution is 5.99. The smallest absolute Gasteiger partial charge is 0.408 e. The van der Waals surface area contributed by atoms with Crippen LogP contribution in [0.4, 0.5) is 4.79 Å². The van der Waals surface area contributed by atoms with Crippen LogP contribution in [-0.4, -0.2) is 172 Å². The van der Waals surface area contributed by atoms with Gasteiger partial charge in [-0.1, -0.05) is 135 Å². The summed E-state index contributed by atoms with van der Waals surface area (Å²) in [4.78, 5) is 147. The topological polar surface area (TPSA) is 430 Å². The average Bonchev–Trinajstić information content (AvgIpc) is 1.62. The van der Waals surface area contributed by atoms with Crippen molar-refractivity contribution >= 4 is 76.2 Å². The number of aliphatic imine (C=N–C) groups is 1. The van der Waals surface area contributed by atoms with Gasteiger partial charge in [-0.3, -0.25) is 48.1 Å². The van der Waals surface area contributed by atoms with Gasteiger partial charge in [0.2, 0.25) is 47.3 Å². The van der Waals surface area contributed by atoms with Gasteiger partial charge in [-0.2, -0.15) is 0 Å². The van der Waals surface area contributed by atoms with Crippen LogP contribution in [0.15, 0.2) is 145 Å². The molecule has 0 spiro atoms. The van der Waals surface area contributed by atoms with Crippen molar-refractivity contribution in [2.24, 2.45) is 22.4 Å². The van der Waals surface area contributed by atoms with E-state index in [0.717, 1.165) is 23.6 Å². The van der Waals surface area contributed by atoms with E-state index in [2.05, 4.69) is 52.5 Å². The Morgan fingerprint density at radius 3 is 1.76 bits per heavy atom. The van der Waals surface area contributed by atoms with Crippen molar-refractivity contribution in [1.29, 1.82) is 0 Å². The average molecular weight is 1380 g/mol. The fourth-order valence-electron chi connectivity index (χ4n) is 11.1.